The Morgan fingerprint density at radius 3 is 2.62 bits per heavy atom. The summed E-state index contributed by atoms with van der Waals surface area (Å²) in [6, 6.07) is 1.36. The molecule has 0 N–H and O–H groups in total. The molecule has 1 aromatic heterocycles. The number of hydrogen-bond acceptors (Lipinski definition) is 5. The van der Waals surface area contributed by atoms with E-state index in [9.17, 15) is 9.59 Å². The van der Waals surface area contributed by atoms with Crippen molar-refractivity contribution in [1.82, 2.24) is 9.78 Å². The largest absolute Gasteiger partial charge is 0.464 e. The molecule has 0 saturated carbocycles. The van der Waals surface area contributed by atoms with Crippen molar-refractivity contribution in [3.05, 3.63) is 18.0 Å². The molecule has 1 heterocycles. The van der Waals surface area contributed by atoms with Gasteiger partial charge in [-0.15, -0.1) is 0 Å². The van der Waals surface area contributed by atoms with Crippen LogP contribution in [0.1, 0.15) is 10.5 Å². The van der Waals surface area contributed by atoms with Crippen molar-refractivity contribution in [2.45, 2.75) is 0 Å². The molecule has 0 atom stereocenters. The molecule has 0 radical (unpaired) electrons. The topological polar surface area (TPSA) is 70.4 Å². The van der Waals surface area contributed by atoms with Gasteiger partial charge in [0.1, 0.15) is 0 Å². The van der Waals surface area contributed by atoms with Gasteiger partial charge < -0.3 is 9.47 Å². The lowest BCUT2D eigenvalue weighted by Gasteiger charge is -2.01. The number of ether oxygens (including phenoxy) is 2. The van der Waals surface area contributed by atoms with E-state index in [0.717, 1.165) is 4.68 Å². The van der Waals surface area contributed by atoms with Crippen molar-refractivity contribution < 1.29 is 19.1 Å². The first-order valence-electron chi connectivity index (χ1n) is 3.41. The normalized spacial score (nSPS) is 9.38. The van der Waals surface area contributed by atoms with Crippen LogP contribution in [0.25, 0.3) is 0 Å². The Morgan fingerprint density at radius 1 is 1.38 bits per heavy atom. The van der Waals surface area contributed by atoms with Gasteiger partial charge in [-0.2, -0.15) is 9.78 Å². The third kappa shape index (κ3) is 1.66. The summed E-state index contributed by atoms with van der Waals surface area (Å²) in [4.78, 5) is 22.0. The third-order valence-corrected chi connectivity index (χ3v) is 1.38. The highest BCUT2D eigenvalue weighted by Crippen LogP contribution is 2.01. The predicted octanol–water partition coefficient (Wildman–Crippen LogP) is 0.284. The van der Waals surface area contributed by atoms with Crippen LogP contribution in [0.15, 0.2) is 12.3 Å². The van der Waals surface area contributed by atoms with Crippen LogP contribution in [-0.2, 0) is 9.47 Å². The van der Waals surface area contributed by atoms with Crippen molar-refractivity contribution in [2.75, 3.05) is 14.2 Å². The second-order valence-corrected chi connectivity index (χ2v) is 2.09. The van der Waals surface area contributed by atoms with Crippen LogP contribution in [0.5, 0.6) is 0 Å². The first kappa shape index (κ1) is 9.24. The zero-order valence-corrected chi connectivity index (χ0v) is 7.18. The van der Waals surface area contributed by atoms with E-state index < -0.39 is 12.1 Å². The molecule has 0 aliphatic carbocycles. The third-order valence-electron chi connectivity index (χ3n) is 1.38. The maximum atomic E-state index is 11.0. The van der Waals surface area contributed by atoms with E-state index in [1.54, 1.807) is 0 Å². The molecule has 0 aliphatic heterocycles. The molecule has 70 valence electrons. The summed E-state index contributed by atoms with van der Waals surface area (Å²) in [6.07, 6.45) is 0.578. The van der Waals surface area contributed by atoms with Crippen LogP contribution in [0, 0.1) is 0 Å². The maximum absolute atomic E-state index is 11.0. The molecule has 0 aromatic carbocycles. The smallest absolute Gasteiger partial charge is 0.435 e. The molecule has 0 spiro atoms. The van der Waals surface area contributed by atoms with E-state index in [1.807, 2.05) is 0 Å². The molecule has 0 bridgehead atoms. The summed E-state index contributed by atoms with van der Waals surface area (Å²) in [5.74, 6) is -0.636. The molecule has 0 unspecified atom stereocenters. The van der Waals surface area contributed by atoms with Crippen molar-refractivity contribution >= 4 is 12.1 Å². The number of carbonyl (C=O) groups excluding carboxylic acids is 2. The molecule has 6 heteroatoms. The summed E-state index contributed by atoms with van der Waals surface area (Å²) in [5, 5.41) is 3.60. The summed E-state index contributed by atoms with van der Waals surface area (Å²) in [6.45, 7) is 0. The van der Waals surface area contributed by atoms with Crippen molar-refractivity contribution in [3.63, 3.8) is 0 Å². The quantitative estimate of drug-likeness (QED) is 0.586. The van der Waals surface area contributed by atoms with Crippen LogP contribution < -0.4 is 0 Å². The van der Waals surface area contributed by atoms with Crippen LogP contribution >= 0.6 is 0 Å². The minimum atomic E-state index is -0.731. The molecule has 0 fully saturated rings. The Balaban J connectivity index is 3.02. The van der Waals surface area contributed by atoms with Crippen molar-refractivity contribution in [3.8, 4) is 0 Å². The molecule has 1 aromatic rings. The standard InChI is InChI=1S/C7H8N2O4/c1-12-6(10)5-3-4-8-9(5)7(11)13-2/h3-4H,1-2H3. The van der Waals surface area contributed by atoms with E-state index in [4.69, 9.17) is 0 Å². The Morgan fingerprint density at radius 2 is 2.08 bits per heavy atom. The van der Waals surface area contributed by atoms with Gasteiger partial charge >= 0.3 is 12.1 Å². The van der Waals surface area contributed by atoms with E-state index >= 15 is 0 Å². The lowest BCUT2D eigenvalue weighted by Crippen LogP contribution is -2.19. The van der Waals surface area contributed by atoms with Gasteiger partial charge in [-0.3, -0.25) is 0 Å². The van der Waals surface area contributed by atoms with Gasteiger partial charge in [0.15, 0.2) is 5.69 Å². The zero-order valence-electron chi connectivity index (χ0n) is 7.18. The molecule has 13 heavy (non-hydrogen) atoms. The molecule has 6 nitrogen and oxygen atoms in total. The number of methoxy groups -OCH3 is 2. The van der Waals surface area contributed by atoms with Gasteiger partial charge in [0.05, 0.1) is 20.4 Å². The number of hydrogen-bond donors (Lipinski definition) is 0. The summed E-state index contributed by atoms with van der Waals surface area (Å²) >= 11 is 0. The molecule has 0 amide bonds. The maximum Gasteiger partial charge on any atom is 0.435 e. The molecule has 0 aliphatic rings. The van der Waals surface area contributed by atoms with Gasteiger partial charge in [0, 0.05) is 0 Å². The second-order valence-electron chi connectivity index (χ2n) is 2.09. The van der Waals surface area contributed by atoms with Gasteiger partial charge in [-0.1, -0.05) is 0 Å². The lowest BCUT2D eigenvalue weighted by atomic mass is 10.4. The number of rotatable bonds is 1. The minimum Gasteiger partial charge on any atom is -0.464 e. The lowest BCUT2D eigenvalue weighted by molar-refractivity contribution is 0.0585. The Kier molecular flexibility index (Phi) is 2.63. The summed E-state index contributed by atoms with van der Waals surface area (Å²) < 4.78 is 9.63. The fraction of sp³-hybridized carbons (Fsp3) is 0.286. The van der Waals surface area contributed by atoms with Crippen molar-refractivity contribution in [1.29, 1.82) is 0 Å². The van der Waals surface area contributed by atoms with Gasteiger partial charge in [0.2, 0.25) is 0 Å². The van der Waals surface area contributed by atoms with Gasteiger partial charge in [-0.05, 0) is 6.07 Å². The molecule has 0 saturated heterocycles. The highest BCUT2D eigenvalue weighted by Gasteiger charge is 2.17. The van der Waals surface area contributed by atoms with E-state index in [2.05, 4.69) is 14.6 Å². The highest BCUT2D eigenvalue weighted by atomic mass is 16.5. The number of nitrogens with zero attached hydrogens (tertiary/aromatic N) is 2. The van der Waals surface area contributed by atoms with Crippen LogP contribution in [-0.4, -0.2) is 36.1 Å². The monoisotopic (exact) mass is 184 g/mol. The predicted molar refractivity (Wildman–Crippen MR) is 41.4 cm³/mol. The number of esters is 1. The Labute approximate surface area is 74.0 Å². The van der Waals surface area contributed by atoms with E-state index in [-0.39, 0.29) is 5.69 Å². The molecule has 1 rings (SSSR count). The average molecular weight is 184 g/mol. The fourth-order valence-electron chi connectivity index (χ4n) is 0.794. The van der Waals surface area contributed by atoms with Gasteiger partial charge in [0.25, 0.3) is 0 Å². The van der Waals surface area contributed by atoms with Crippen LogP contribution in [0.4, 0.5) is 4.79 Å². The zero-order chi connectivity index (χ0) is 9.84. The first-order valence-corrected chi connectivity index (χ1v) is 3.41. The number of carbonyl (C=O) groups is 2. The van der Waals surface area contributed by atoms with Gasteiger partial charge in [-0.25, -0.2) is 9.59 Å². The Bertz CT molecular complexity index is 300. The summed E-state index contributed by atoms with van der Waals surface area (Å²) in [7, 11) is 2.42. The Hall–Kier alpha value is -1.85. The molecular weight excluding hydrogens is 176 g/mol. The summed E-state index contributed by atoms with van der Waals surface area (Å²) in [5.41, 5.74) is 0.0364. The second kappa shape index (κ2) is 3.70. The molecular formula is C7H8N2O4. The van der Waals surface area contributed by atoms with E-state index in [0.29, 0.717) is 0 Å². The van der Waals surface area contributed by atoms with Crippen molar-refractivity contribution in [2.24, 2.45) is 0 Å². The van der Waals surface area contributed by atoms with E-state index in [1.165, 1.54) is 26.5 Å². The number of aromatic nitrogens is 2. The van der Waals surface area contributed by atoms with Crippen LogP contribution in [0.3, 0.4) is 0 Å². The fourth-order valence-corrected chi connectivity index (χ4v) is 0.794. The minimum absolute atomic E-state index is 0.0364. The average Bonchev–Trinajstić information content (AvgIpc) is 2.63. The SMILES string of the molecule is COC(=O)c1ccnn1C(=O)OC. The van der Waals surface area contributed by atoms with Crippen LogP contribution in [0.2, 0.25) is 0 Å². The highest BCUT2D eigenvalue weighted by molar-refractivity contribution is 5.91. The first-order chi connectivity index (χ1) is 6.20.